The standard InChI is InChI=1S/C11H18N2O/c1-8-4-5-10-9(6-8)7-12(2)11(14)13(10)3/h9-10H,1,4-7H2,2-3H3. The number of carbonyl (C=O) groups is 1. The van der Waals surface area contributed by atoms with Crippen molar-refractivity contribution < 1.29 is 4.79 Å². The normalized spacial score (nSPS) is 33.3. The van der Waals surface area contributed by atoms with E-state index in [0.29, 0.717) is 12.0 Å². The Morgan fingerprint density at radius 1 is 1.43 bits per heavy atom. The number of rotatable bonds is 0. The molecule has 1 saturated carbocycles. The third-order valence-electron chi connectivity index (χ3n) is 3.52. The van der Waals surface area contributed by atoms with Crippen LogP contribution in [0.5, 0.6) is 0 Å². The topological polar surface area (TPSA) is 23.6 Å². The van der Waals surface area contributed by atoms with E-state index in [2.05, 4.69) is 6.58 Å². The van der Waals surface area contributed by atoms with E-state index >= 15 is 0 Å². The molecule has 0 radical (unpaired) electrons. The summed E-state index contributed by atoms with van der Waals surface area (Å²) in [6, 6.07) is 0.614. The van der Waals surface area contributed by atoms with E-state index in [1.807, 2.05) is 23.9 Å². The molecule has 1 aliphatic heterocycles. The second-order valence-electron chi connectivity index (χ2n) is 4.59. The lowest BCUT2D eigenvalue weighted by atomic mass is 9.80. The molecule has 0 bridgehead atoms. The summed E-state index contributed by atoms with van der Waals surface area (Å²) < 4.78 is 0. The maximum Gasteiger partial charge on any atom is 0.319 e. The molecule has 0 aromatic rings. The smallest absolute Gasteiger partial charge is 0.319 e. The molecule has 0 spiro atoms. The minimum Gasteiger partial charge on any atom is -0.327 e. The molecule has 2 aliphatic rings. The van der Waals surface area contributed by atoms with Gasteiger partial charge in [-0.15, -0.1) is 0 Å². The van der Waals surface area contributed by atoms with Crippen molar-refractivity contribution in [1.29, 1.82) is 0 Å². The van der Waals surface area contributed by atoms with Crippen LogP contribution in [0.1, 0.15) is 19.3 Å². The maximum absolute atomic E-state index is 11.7. The van der Waals surface area contributed by atoms with E-state index in [0.717, 1.165) is 25.8 Å². The number of hydrogen-bond acceptors (Lipinski definition) is 1. The predicted molar refractivity (Wildman–Crippen MR) is 56.1 cm³/mol. The highest BCUT2D eigenvalue weighted by Crippen LogP contribution is 2.34. The summed E-state index contributed by atoms with van der Waals surface area (Å²) in [4.78, 5) is 15.4. The van der Waals surface area contributed by atoms with Gasteiger partial charge in [0, 0.05) is 32.6 Å². The third-order valence-corrected chi connectivity index (χ3v) is 3.52. The predicted octanol–water partition coefficient (Wildman–Crippen LogP) is 1.71. The van der Waals surface area contributed by atoms with Crippen molar-refractivity contribution in [2.75, 3.05) is 20.6 Å². The first-order valence-electron chi connectivity index (χ1n) is 5.24. The van der Waals surface area contributed by atoms with E-state index in [1.54, 1.807) is 0 Å². The van der Waals surface area contributed by atoms with Gasteiger partial charge in [0.15, 0.2) is 0 Å². The van der Waals surface area contributed by atoms with Gasteiger partial charge in [-0.2, -0.15) is 0 Å². The van der Waals surface area contributed by atoms with Crippen LogP contribution in [0.3, 0.4) is 0 Å². The summed E-state index contributed by atoms with van der Waals surface area (Å²) >= 11 is 0. The number of allylic oxidation sites excluding steroid dienone is 1. The molecule has 3 heteroatoms. The molecule has 0 N–H and O–H groups in total. The average molecular weight is 194 g/mol. The van der Waals surface area contributed by atoms with E-state index in [4.69, 9.17) is 0 Å². The Morgan fingerprint density at radius 3 is 2.86 bits per heavy atom. The molecule has 2 atom stereocenters. The average Bonchev–Trinajstić information content (AvgIpc) is 2.14. The molecule has 3 nitrogen and oxygen atoms in total. The zero-order valence-electron chi connectivity index (χ0n) is 8.99. The lowest BCUT2D eigenvalue weighted by Gasteiger charge is -2.46. The fourth-order valence-electron chi connectivity index (χ4n) is 2.73. The molecule has 2 amide bonds. The number of carbonyl (C=O) groups excluding carboxylic acids is 1. The molecule has 2 rings (SSSR count). The third kappa shape index (κ3) is 1.41. The molecule has 14 heavy (non-hydrogen) atoms. The summed E-state index contributed by atoms with van der Waals surface area (Å²) in [5.41, 5.74) is 1.35. The zero-order valence-corrected chi connectivity index (χ0v) is 8.99. The van der Waals surface area contributed by atoms with Gasteiger partial charge >= 0.3 is 6.03 Å². The number of amides is 2. The quantitative estimate of drug-likeness (QED) is 0.538. The van der Waals surface area contributed by atoms with Gasteiger partial charge in [0.2, 0.25) is 0 Å². The second-order valence-corrected chi connectivity index (χ2v) is 4.59. The van der Waals surface area contributed by atoms with Crippen molar-refractivity contribution in [3.05, 3.63) is 12.2 Å². The Kier molecular flexibility index (Phi) is 2.25. The molecule has 2 unspecified atom stereocenters. The fourth-order valence-corrected chi connectivity index (χ4v) is 2.73. The largest absolute Gasteiger partial charge is 0.327 e. The Bertz CT molecular complexity index is 274. The molecule has 78 valence electrons. The van der Waals surface area contributed by atoms with Crippen molar-refractivity contribution in [3.8, 4) is 0 Å². The van der Waals surface area contributed by atoms with Gasteiger partial charge < -0.3 is 9.80 Å². The summed E-state index contributed by atoms with van der Waals surface area (Å²) in [6.45, 7) is 4.95. The van der Waals surface area contributed by atoms with Gasteiger partial charge in [-0.3, -0.25) is 0 Å². The monoisotopic (exact) mass is 194 g/mol. The van der Waals surface area contributed by atoms with Crippen LogP contribution < -0.4 is 0 Å². The highest BCUT2D eigenvalue weighted by molar-refractivity contribution is 5.75. The molecular weight excluding hydrogens is 176 g/mol. The minimum atomic E-state index is 0.166. The number of urea groups is 1. The summed E-state index contributed by atoms with van der Waals surface area (Å²) in [5, 5.41) is 0. The van der Waals surface area contributed by atoms with Gasteiger partial charge in [0.25, 0.3) is 0 Å². The molecule has 2 fully saturated rings. The van der Waals surface area contributed by atoms with E-state index in [9.17, 15) is 4.79 Å². The van der Waals surface area contributed by atoms with Gasteiger partial charge in [0.1, 0.15) is 0 Å². The van der Waals surface area contributed by atoms with Gasteiger partial charge in [-0.25, -0.2) is 4.79 Å². The van der Waals surface area contributed by atoms with E-state index < -0.39 is 0 Å². The second kappa shape index (κ2) is 3.30. The van der Waals surface area contributed by atoms with Crippen LogP contribution in [0.15, 0.2) is 12.2 Å². The zero-order chi connectivity index (χ0) is 10.3. The summed E-state index contributed by atoms with van der Waals surface area (Å²) in [5.74, 6) is 0.601. The van der Waals surface area contributed by atoms with Gasteiger partial charge in [0.05, 0.1) is 0 Å². The Labute approximate surface area is 85.4 Å². The number of fused-ring (bicyclic) bond motifs is 1. The molecular formula is C11H18N2O. The van der Waals surface area contributed by atoms with Crippen LogP contribution >= 0.6 is 0 Å². The van der Waals surface area contributed by atoms with Gasteiger partial charge in [-0.05, 0) is 19.3 Å². The van der Waals surface area contributed by atoms with E-state index in [-0.39, 0.29) is 6.03 Å². The van der Waals surface area contributed by atoms with Crippen molar-refractivity contribution in [3.63, 3.8) is 0 Å². The van der Waals surface area contributed by atoms with Crippen molar-refractivity contribution >= 4 is 6.03 Å². The molecule has 0 aromatic carbocycles. The number of hydrogen-bond donors (Lipinski definition) is 0. The molecule has 1 aliphatic carbocycles. The molecule has 0 aromatic heterocycles. The Morgan fingerprint density at radius 2 is 2.14 bits per heavy atom. The lowest BCUT2D eigenvalue weighted by Crippen LogP contribution is -2.57. The van der Waals surface area contributed by atoms with Crippen LogP contribution in [0.25, 0.3) is 0 Å². The summed E-state index contributed by atoms with van der Waals surface area (Å²) in [6.07, 6.45) is 3.27. The van der Waals surface area contributed by atoms with Crippen LogP contribution in [-0.4, -0.2) is 42.5 Å². The Balaban J connectivity index is 2.15. The van der Waals surface area contributed by atoms with Crippen LogP contribution in [0, 0.1) is 5.92 Å². The van der Waals surface area contributed by atoms with Crippen LogP contribution in [0.2, 0.25) is 0 Å². The van der Waals surface area contributed by atoms with Crippen molar-refractivity contribution in [2.45, 2.75) is 25.3 Å². The van der Waals surface area contributed by atoms with E-state index in [1.165, 1.54) is 5.57 Å². The molecule has 1 heterocycles. The first-order valence-corrected chi connectivity index (χ1v) is 5.24. The van der Waals surface area contributed by atoms with Crippen LogP contribution in [-0.2, 0) is 0 Å². The van der Waals surface area contributed by atoms with Crippen LogP contribution in [0.4, 0.5) is 4.79 Å². The minimum absolute atomic E-state index is 0.166. The lowest BCUT2D eigenvalue weighted by molar-refractivity contribution is 0.0751. The Hall–Kier alpha value is -0.990. The maximum atomic E-state index is 11.7. The highest BCUT2D eigenvalue weighted by Gasteiger charge is 2.38. The van der Waals surface area contributed by atoms with Crippen molar-refractivity contribution in [2.24, 2.45) is 5.92 Å². The summed E-state index contributed by atoms with van der Waals surface area (Å²) in [7, 11) is 3.80. The highest BCUT2D eigenvalue weighted by atomic mass is 16.2. The first-order chi connectivity index (χ1) is 6.59. The molecule has 1 saturated heterocycles. The van der Waals surface area contributed by atoms with Crippen molar-refractivity contribution in [1.82, 2.24) is 9.80 Å². The first kappa shape index (κ1) is 9.56. The van der Waals surface area contributed by atoms with Gasteiger partial charge in [-0.1, -0.05) is 12.2 Å². The SMILES string of the molecule is C=C1CCC2C(C1)CN(C)C(=O)N2C. The number of nitrogens with zero attached hydrogens (tertiary/aromatic N) is 2. The fraction of sp³-hybridized carbons (Fsp3) is 0.727.